The maximum Gasteiger partial charge on any atom is 0.317 e. The van der Waals surface area contributed by atoms with Gasteiger partial charge in [-0.25, -0.2) is 17.9 Å². The number of nitrogens with zero attached hydrogens (tertiary/aromatic N) is 2. The summed E-state index contributed by atoms with van der Waals surface area (Å²) in [5.41, 5.74) is 1.07. The van der Waals surface area contributed by atoms with E-state index in [-0.39, 0.29) is 11.8 Å². The Labute approximate surface area is 154 Å². The topological polar surface area (TPSA) is 81.8 Å². The molecule has 1 aliphatic heterocycles. The third kappa shape index (κ3) is 6.37. The summed E-state index contributed by atoms with van der Waals surface area (Å²) in [6, 6.07) is 7.59. The second-order valence-electron chi connectivity index (χ2n) is 5.84. The zero-order valence-corrected chi connectivity index (χ0v) is 15.9. The molecule has 0 aliphatic carbocycles. The maximum atomic E-state index is 12.1. The average molecular weight is 389 g/mol. The molecule has 9 heteroatoms. The number of hydrogen-bond acceptors (Lipinski definition) is 4. The van der Waals surface area contributed by atoms with Crippen LogP contribution in [0.5, 0.6) is 0 Å². The van der Waals surface area contributed by atoms with Gasteiger partial charge in [-0.3, -0.25) is 0 Å². The fourth-order valence-electron chi connectivity index (χ4n) is 2.57. The molecule has 1 saturated heterocycles. The Hall–Kier alpha value is -1.51. The lowest BCUT2D eigenvalue weighted by atomic mass is 10.2. The Balaban J connectivity index is 1.67. The number of halogens is 1. The summed E-state index contributed by atoms with van der Waals surface area (Å²) < 4.78 is 25.1. The van der Waals surface area contributed by atoms with Crippen molar-refractivity contribution in [3.05, 3.63) is 29.3 Å². The van der Waals surface area contributed by atoms with Crippen LogP contribution in [0.3, 0.4) is 0 Å². The molecule has 7 nitrogen and oxygen atoms in total. The quantitative estimate of drug-likeness (QED) is 0.693. The normalized spacial score (nSPS) is 15.3. The molecule has 1 aromatic rings. The van der Waals surface area contributed by atoms with Crippen molar-refractivity contribution in [3.8, 4) is 0 Å². The Bertz CT molecular complexity index is 676. The summed E-state index contributed by atoms with van der Waals surface area (Å²) in [6.07, 6.45) is 0.563. The first kappa shape index (κ1) is 19.8. The summed E-state index contributed by atoms with van der Waals surface area (Å²) in [5, 5.41) is 3.54. The van der Waals surface area contributed by atoms with Gasteiger partial charge in [0.25, 0.3) is 0 Å². The van der Waals surface area contributed by atoms with E-state index in [9.17, 15) is 13.2 Å². The number of benzene rings is 1. The highest BCUT2D eigenvalue weighted by Crippen LogP contribution is 2.20. The molecule has 0 unspecified atom stereocenters. The van der Waals surface area contributed by atoms with E-state index >= 15 is 0 Å². The van der Waals surface area contributed by atoms with Crippen LogP contribution in [0.1, 0.15) is 13.3 Å². The predicted molar refractivity (Wildman–Crippen MR) is 101 cm³/mol. The van der Waals surface area contributed by atoms with Gasteiger partial charge < -0.3 is 15.1 Å². The monoisotopic (exact) mass is 388 g/mol. The molecular weight excluding hydrogens is 364 g/mol. The fraction of sp³-hybridized carbons (Fsp3) is 0.562. The molecule has 0 saturated carbocycles. The highest BCUT2D eigenvalue weighted by atomic mass is 35.5. The highest BCUT2D eigenvalue weighted by Gasteiger charge is 2.21. The lowest BCUT2D eigenvalue weighted by Crippen LogP contribution is -2.52. The largest absolute Gasteiger partial charge is 0.368 e. The number of anilines is 1. The van der Waals surface area contributed by atoms with Gasteiger partial charge in [-0.2, -0.15) is 0 Å². The third-order valence-corrected chi connectivity index (χ3v) is 5.71. The number of piperazine rings is 1. The third-order valence-electron chi connectivity index (χ3n) is 4.07. The summed E-state index contributed by atoms with van der Waals surface area (Å²) in [7, 11) is -3.16. The zero-order valence-electron chi connectivity index (χ0n) is 14.4. The first-order valence-electron chi connectivity index (χ1n) is 8.42. The smallest absolute Gasteiger partial charge is 0.317 e. The number of urea groups is 1. The van der Waals surface area contributed by atoms with E-state index in [0.717, 1.165) is 18.8 Å². The van der Waals surface area contributed by atoms with Crippen LogP contribution in [-0.2, 0) is 10.0 Å². The van der Waals surface area contributed by atoms with Crippen LogP contribution < -0.4 is 14.9 Å². The minimum Gasteiger partial charge on any atom is -0.368 e. The molecule has 1 heterocycles. The highest BCUT2D eigenvalue weighted by molar-refractivity contribution is 7.89. The molecular formula is C16H25ClN4O3S. The molecule has 140 valence electrons. The first-order chi connectivity index (χ1) is 11.9. The van der Waals surface area contributed by atoms with Crippen molar-refractivity contribution in [2.24, 2.45) is 0 Å². The maximum absolute atomic E-state index is 12.1. The number of nitrogens with one attached hydrogen (secondary N) is 2. The first-order valence-corrected chi connectivity index (χ1v) is 10.4. The van der Waals surface area contributed by atoms with Crippen LogP contribution in [0.25, 0.3) is 0 Å². The summed E-state index contributed by atoms with van der Waals surface area (Å²) in [5.74, 6) is 0.0657. The minimum absolute atomic E-state index is 0.0657. The minimum atomic E-state index is -3.16. The van der Waals surface area contributed by atoms with Gasteiger partial charge in [0, 0.05) is 50.0 Å². The van der Waals surface area contributed by atoms with Gasteiger partial charge in [0.1, 0.15) is 0 Å². The van der Waals surface area contributed by atoms with Gasteiger partial charge in [0.05, 0.1) is 5.75 Å². The Kier molecular flexibility index (Phi) is 7.34. The second kappa shape index (κ2) is 9.26. The molecule has 0 bridgehead atoms. The van der Waals surface area contributed by atoms with Gasteiger partial charge in [-0.05, 0) is 31.5 Å². The van der Waals surface area contributed by atoms with Crippen LogP contribution in [0, 0.1) is 0 Å². The van der Waals surface area contributed by atoms with Crippen molar-refractivity contribution < 1.29 is 13.2 Å². The average Bonchev–Trinajstić information content (AvgIpc) is 2.61. The molecule has 1 fully saturated rings. The number of sulfonamides is 1. The summed E-state index contributed by atoms with van der Waals surface area (Å²) >= 11 is 6.02. The number of amides is 2. The van der Waals surface area contributed by atoms with E-state index < -0.39 is 10.0 Å². The fourth-order valence-corrected chi connectivity index (χ4v) is 3.41. The van der Waals surface area contributed by atoms with Gasteiger partial charge in [-0.1, -0.05) is 17.7 Å². The molecule has 2 N–H and O–H groups in total. The Morgan fingerprint density at radius 1 is 1.20 bits per heavy atom. The SMILES string of the molecule is CCS(=O)(=O)NCCCNC(=O)N1CCN(c2cccc(Cl)c2)CC1. The molecule has 0 aromatic heterocycles. The van der Waals surface area contributed by atoms with Crippen molar-refractivity contribution >= 4 is 33.3 Å². The van der Waals surface area contributed by atoms with E-state index in [1.807, 2.05) is 24.3 Å². The lowest BCUT2D eigenvalue weighted by molar-refractivity contribution is 0.194. The van der Waals surface area contributed by atoms with Gasteiger partial charge in [0.15, 0.2) is 0 Å². The molecule has 2 rings (SSSR count). The Morgan fingerprint density at radius 2 is 1.92 bits per heavy atom. The van der Waals surface area contributed by atoms with Crippen molar-refractivity contribution in [1.82, 2.24) is 14.9 Å². The van der Waals surface area contributed by atoms with Gasteiger partial charge >= 0.3 is 6.03 Å². The molecule has 1 aromatic carbocycles. The summed E-state index contributed by atoms with van der Waals surface area (Å²) in [4.78, 5) is 16.1. The number of rotatable bonds is 7. The Morgan fingerprint density at radius 3 is 2.56 bits per heavy atom. The van der Waals surface area contributed by atoms with Crippen molar-refractivity contribution in [2.45, 2.75) is 13.3 Å². The molecule has 0 spiro atoms. The van der Waals surface area contributed by atoms with Crippen LogP contribution in [0.15, 0.2) is 24.3 Å². The van der Waals surface area contributed by atoms with E-state index in [0.29, 0.717) is 37.6 Å². The number of carbonyl (C=O) groups excluding carboxylic acids is 1. The molecule has 0 atom stereocenters. The predicted octanol–water partition coefficient (Wildman–Crippen LogP) is 1.50. The number of carbonyl (C=O) groups is 1. The van der Waals surface area contributed by atoms with Crippen LogP contribution in [0.2, 0.25) is 5.02 Å². The van der Waals surface area contributed by atoms with Gasteiger partial charge in [0.2, 0.25) is 10.0 Å². The van der Waals surface area contributed by atoms with E-state index in [1.54, 1.807) is 11.8 Å². The van der Waals surface area contributed by atoms with Crippen molar-refractivity contribution in [2.75, 3.05) is 49.9 Å². The second-order valence-corrected chi connectivity index (χ2v) is 8.37. The standard InChI is InChI=1S/C16H25ClN4O3S/c1-2-25(23,24)19-8-4-7-18-16(22)21-11-9-20(10-12-21)15-6-3-5-14(17)13-15/h3,5-6,13,19H,2,4,7-12H2,1H3,(H,18,22). The van der Waals surface area contributed by atoms with Crippen LogP contribution >= 0.6 is 11.6 Å². The van der Waals surface area contributed by atoms with E-state index in [1.165, 1.54) is 0 Å². The van der Waals surface area contributed by atoms with Crippen LogP contribution in [-0.4, -0.2) is 64.4 Å². The van der Waals surface area contributed by atoms with E-state index in [4.69, 9.17) is 11.6 Å². The molecule has 2 amide bonds. The zero-order chi connectivity index (χ0) is 18.3. The molecule has 1 aliphatic rings. The van der Waals surface area contributed by atoms with E-state index in [2.05, 4.69) is 14.9 Å². The van der Waals surface area contributed by atoms with Gasteiger partial charge in [-0.15, -0.1) is 0 Å². The summed E-state index contributed by atoms with van der Waals surface area (Å²) in [6.45, 7) is 5.15. The van der Waals surface area contributed by atoms with Crippen LogP contribution in [0.4, 0.5) is 10.5 Å². The lowest BCUT2D eigenvalue weighted by Gasteiger charge is -2.36. The van der Waals surface area contributed by atoms with Crippen molar-refractivity contribution in [1.29, 1.82) is 0 Å². The molecule has 0 radical (unpaired) electrons. The number of hydrogen-bond donors (Lipinski definition) is 2. The molecule has 25 heavy (non-hydrogen) atoms. The van der Waals surface area contributed by atoms with Crippen molar-refractivity contribution in [3.63, 3.8) is 0 Å².